The summed E-state index contributed by atoms with van der Waals surface area (Å²) in [6.45, 7) is 3.91. The summed E-state index contributed by atoms with van der Waals surface area (Å²) < 4.78 is 69.1. The monoisotopic (exact) mass is 500 g/mol. The molecule has 1 aliphatic rings. The fourth-order valence-electron chi connectivity index (χ4n) is 4.61. The van der Waals surface area contributed by atoms with Gasteiger partial charge in [-0.25, -0.2) is 22.4 Å². The van der Waals surface area contributed by atoms with Gasteiger partial charge in [0.1, 0.15) is 6.10 Å². The molecule has 190 valence electrons. The van der Waals surface area contributed by atoms with E-state index in [0.29, 0.717) is 43.4 Å². The topological polar surface area (TPSA) is 35.5 Å². The molecule has 3 aromatic rings. The Morgan fingerprint density at radius 2 is 1.53 bits per heavy atom. The Hall–Kier alpha value is -3.19. The van der Waals surface area contributed by atoms with Crippen LogP contribution in [-0.2, 0) is 16.1 Å². The molecule has 0 amide bonds. The van der Waals surface area contributed by atoms with Crippen molar-refractivity contribution in [1.29, 1.82) is 0 Å². The van der Waals surface area contributed by atoms with Gasteiger partial charge in [-0.15, -0.1) is 0 Å². The zero-order valence-electron chi connectivity index (χ0n) is 20.3. The van der Waals surface area contributed by atoms with Crippen molar-refractivity contribution in [2.75, 3.05) is 6.61 Å². The third-order valence-electron chi connectivity index (χ3n) is 6.71. The maximum Gasteiger partial charge on any atom is 0.341 e. The van der Waals surface area contributed by atoms with Gasteiger partial charge in [0.25, 0.3) is 0 Å². The third-order valence-corrected chi connectivity index (χ3v) is 6.71. The molecule has 0 N–H and O–H groups in total. The number of rotatable bonds is 7. The molecule has 0 heterocycles. The molecule has 3 nitrogen and oxygen atoms in total. The van der Waals surface area contributed by atoms with E-state index < -0.39 is 40.9 Å². The van der Waals surface area contributed by atoms with E-state index in [1.54, 1.807) is 31.2 Å². The van der Waals surface area contributed by atoms with E-state index in [1.807, 2.05) is 19.1 Å². The first-order chi connectivity index (χ1) is 17.3. The summed E-state index contributed by atoms with van der Waals surface area (Å²) in [5.41, 5.74) is 1.68. The normalized spacial score (nSPS) is 17.7. The number of carbonyl (C=O) groups excluding carboxylic acids is 1. The third kappa shape index (κ3) is 5.46. The van der Waals surface area contributed by atoms with E-state index in [9.17, 15) is 22.4 Å². The lowest BCUT2D eigenvalue weighted by molar-refractivity contribution is 0.0188. The van der Waals surface area contributed by atoms with Gasteiger partial charge in [0, 0.05) is 17.7 Å². The minimum absolute atomic E-state index is 0.0223. The number of carbonyl (C=O) groups is 1. The van der Waals surface area contributed by atoms with Crippen LogP contribution in [-0.4, -0.2) is 18.7 Å². The average molecular weight is 501 g/mol. The number of esters is 1. The summed E-state index contributed by atoms with van der Waals surface area (Å²) in [6.07, 6.45) is 1.25. The Morgan fingerprint density at radius 1 is 0.833 bits per heavy atom. The molecule has 0 atom stereocenters. The second-order valence-corrected chi connectivity index (χ2v) is 9.11. The van der Waals surface area contributed by atoms with E-state index in [0.717, 1.165) is 5.56 Å². The highest BCUT2D eigenvalue weighted by molar-refractivity contribution is 5.90. The highest BCUT2D eigenvalue weighted by Gasteiger charge is 2.29. The van der Waals surface area contributed by atoms with Gasteiger partial charge in [-0.2, -0.15) is 0 Å². The number of hydrogen-bond acceptors (Lipinski definition) is 3. The Balaban J connectivity index is 1.39. The Kier molecular flexibility index (Phi) is 8.09. The molecule has 3 aromatic carbocycles. The average Bonchev–Trinajstić information content (AvgIpc) is 2.88. The molecule has 36 heavy (non-hydrogen) atoms. The summed E-state index contributed by atoms with van der Waals surface area (Å²) in [5.74, 6) is -5.32. The summed E-state index contributed by atoms with van der Waals surface area (Å²) in [7, 11) is 0. The van der Waals surface area contributed by atoms with Crippen molar-refractivity contribution in [3.8, 4) is 11.1 Å². The van der Waals surface area contributed by atoms with Crippen LogP contribution >= 0.6 is 0 Å². The summed E-state index contributed by atoms with van der Waals surface area (Å²) in [4.78, 5) is 12.5. The van der Waals surface area contributed by atoms with E-state index in [-0.39, 0.29) is 23.7 Å². The van der Waals surface area contributed by atoms with Crippen molar-refractivity contribution in [3.05, 3.63) is 94.1 Å². The second-order valence-electron chi connectivity index (χ2n) is 9.11. The molecule has 0 aromatic heterocycles. The van der Waals surface area contributed by atoms with Crippen LogP contribution in [0.2, 0.25) is 0 Å². The smallest absolute Gasteiger partial charge is 0.341 e. The first kappa shape index (κ1) is 25.9. The van der Waals surface area contributed by atoms with Crippen LogP contribution in [0.5, 0.6) is 0 Å². The number of ether oxygens (including phenoxy) is 2. The number of hydrogen-bond donors (Lipinski definition) is 0. The first-order valence-corrected chi connectivity index (χ1v) is 12.1. The van der Waals surface area contributed by atoms with E-state index >= 15 is 0 Å². The van der Waals surface area contributed by atoms with Crippen LogP contribution in [0.3, 0.4) is 0 Å². The molecule has 1 saturated carbocycles. The maximum atomic E-state index is 15.0. The van der Waals surface area contributed by atoms with Crippen LogP contribution in [0.1, 0.15) is 65.6 Å². The molecule has 0 saturated heterocycles. The Labute approximate surface area is 208 Å². The zero-order chi connectivity index (χ0) is 25.8. The van der Waals surface area contributed by atoms with Crippen LogP contribution in [0.4, 0.5) is 17.6 Å². The van der Waals surface area contributed by atoms with E-state index in [1.165, 1.54) is 12.1 Å². The van der Waals surface area contributed by atoms with Crippen molar-refractivity contribution in [2.24, 2.45) is 0 Å². The largest absolute Gasteiger partial charge is 0.459 e. The number of aryl methyl sites for hydroxylation is 1. The molecule has 1 aliphatic carbocycles. The van der Waals surface area contributed by atoms with Gasteiger partial charge in [-0.05, 0) is 62.6 Å². The summed E-state index contributed by atoms with van der Waals surface area (Å²) in [6, 6.07) is 12.9. The molecule has 7 heteroatoms. The van der Waals surface area contributed by atoms with E-state index in [2.05, 4.69) is 0 Å². The molecule has 0 radical (unpaired) electrons. The molecule has 0 aliphatic heterocycles. The Bertz CT molecular complexity index is 1230. The predicted molar refractivity (Wildman–Crippen MR) is 129 cm³/mol. The fourth-order valence-corrected chi connectivity index (χ4v) is 4.61. The standard InChI is InChI=1S/C29H28F4O3/c1-3-35-16-20-10-13-24(28(33)25(20)30)29(34)36-21-11-8-19(9-12-21)23-15-14-22(26(31)27(23)32)18-6-4-17(2)5-7-18/h4-7,10,13-15,19,21H,3,8-9,11-12,16H2,1-2H3. The van der Waals surface area contributed by atoms with Crippen LogP contribution in [0.25, 0.3) is 11.1 Å². The molecule has 1 fully saturated rings. The van der Waals surface area contributed by atoms with Crippen molar-refractivity contribution in [1.82, 2.24) is 0 Å². The fraction of sp³-hybridized carbons (Fsp3) is 0.345. The molecule has 0 unspecified atom stereocenters. The highest BCUT2D eigenvalue weighted by Crippen LogP contribution is 2.38. The van der Waals surface area contributed by atoms with Gasteiger partial charge < -0.3 is 9.47 Å². The minimum atomic E-state index is -1.27. The lowest BCUT2D eigenvalue weighted by Crippen LogP contribution is -2.25. The lowest BCUT2D eigenvalue weighted by atomic mass is 9.82. The van der Waals surface area contributed by atoms with Gasteiger partial charge in [-0.3, -0.25) is 0 Å². The predicted octanol–water partition coefficient (Wildman–Crippen LogP) is 7.64. The lowest BCUT2D eigenvalue weighted by Gasteiger charge is -2.29. The highest BCUT2D eigenvalue weighted by atomic mass is 19.2. The molecule has 4 rings (SSSR count). The van der Waals surface area contributed by atoms with Gasteiger partial charge in [-0.1, -0.05) is 48.0 Å². The zero-order valence-corrected chi connectivity index (χ0v) is 20.3. The van der Waals surface area contributed by atoms with Gasteiger partial charge in [0.2, 0.25) is 0 Å². The number of halogens is 4. The molecular weight excluding hydrogens is 472 g/mol. The summed E-state index contributed by atoms with van der Waals surface area (Å²) in [5, 5.41) is 0. The van der Waals surface area contributed by atoms with E-state index in [4.69, 9.17) is 9.47 Å². The second kappa shape index (κ2) is 11.2. The molecule has 0 spiro atoms. The molecule has 0 bridgehead atoms. The van der Waals surface area contributed by atoms with Gasteiger partial charge in [0.05, 0.1) is 12.2 Å². The van der Waals surface area contributed by atoms with Crippen LogP contribution in [0.15, 0.2) is 48.5 Å². The minimum Gasteiger partial charge on any atom is -0.459 e. The Morgan fingerprint density at radius 3 is 2.19 bits per heavy atom. The van der Waals surface area contributed by atoms with Crippen molar-refractivity contribution >= 4 is 5.97 Å². The maximum absolute atomic E-state index is 15.0. The van der Waals surface area contributed by atoms with Crippen molar-refractivity contribution < 1.29 is 31.8 Å². The van der Waals surface area contributed by atoms with Crippen molar-refractivity contribution in [3.63, 3.8) is 0 Å². The first-order valence-electron chi connectivity index (χ1n) is 12.1. The summed E-state index contributed by atoms with van der Waals surface area (Å²) >= 11 is 0. The van der Waals surface area contributed by atoms with Crippen LogP contribution < -0.4 is 0 Å². The van der Waals surface area contributed by atoms with Gasteiger partial charge in [0.15, 0.2) is 23.3 Å². The molecular formula is C29H28F4O3. The quantitative estimate of drug-likeness (QED) is 0.247. The van der Waals surface area contributed by atoms with Crippen molar-refractivity contribution in [2.45, 2.75) is 58.2 Å². The number of benzene rings is 3. The van der Waals surface area contributed by atoms with Gasteiger partial charge >= 0.3 is 5.97 Å². The SMILES string of the molecule is CCOCc1ccc(C(=O)OC2CCC(c3ccc(-c4ccc(C)cc4)c(F)c3F)CC2)c(F)c1F. The van der Waals surface area contributed by atoms with Crippen LogP contribution in [0, 0.1) is 30.2 Å².